The Labute approximate surface area is 353 Å². The molecule has 12 rings (SSSR count). The van der Waals surface area contributed by atoms with Gasteiger partial charge < -0.3 is 9.32 Å². The van der Waals surface area contributed by atoms with Crippen LogP contribution in [-0.4, -0.2) is 0 Å². The van der Waals surface area contributed by atoms with E-state index in [1.807, 2.05) is 0 Å². The quantitative estimate of drug-likeness (QED) is 0.173. The second kappa shape index (κ2) is 13.1. The average molecular weight is 776 g/mol. The van der Waals surface area contributed by atoms with E-state index < -0.39 is 0 Å². The Morgan fingerprint density at radius 2 is 1.07 bits per heavy atom. The minimum atomic E-state index is -0.140. The molecule has 0 spiro atoms. The fraction of sp³-hybridized carbons (Fsp3) is 0.207. The topological polar surface area (TPSA) is 16.4 Å². The van der Waals surface area contributed by atoms with Crippen molar-refractivity contribution in [2.75, 3.05) is 4.90 Å². The van der Waals surface area contributed by atoms with Crippen molar-refractivity contribution in [2.24, 2.45) is 0 Å². The summed E-state index contributed by atoms with van der Waals surface area (Å²) in [6.45, 7) is 9.51. The maximum atomic E-state index is 7.01. The van der Waals surface area contributed by atoms with E-state index in [9.17, 15) is 0 Å². The number of nitrogens with zero attached hydrogens (tertiary/aromatic N) is 1. The molecule has 8 aromatic carbocycles. The van der Waals surface area contributed by atoms with Crippen molar-refractivity contribution in [1.29, 1.82) is 0 Å². The first-order chi connectivity index (χ1) is 29.3. The van der Waals surface area contributed by atoms with Gasteiger partial charge in [-0.25, -0.2) is 0 Å². The number of rotatable bonds is 5. The van der Waals surface area contributed by atoms with Gasteiger partial charge in [-0.15, -0.1) is 0 Å². The van der Waals surface area contributed by atoms with E-state index in [2.05, 4.69) is 190 Å². The minimum Gasteiger partial charge on any atom is -0.456 e. The number of benzene rings is 8. The molecule has 0 unspecified atom stereocenters. The first-order valence-corrected chi connectivity index (χ1v) is 22.0. The van der Waals surface area contributed by atoms with E-state index in [-0.39, 0.29) is 10.8 Å². The third-order valence-electron chi connectivity index (χ3n) is 14.6. The normalized spacial score (nSPS) is 16.2. The predicted molar refractivity (Wildman–Crippen MR) is 252 cm³/mol. The number of anilines is 3. The van der Waals surface area contributed by atoms with Crippen LogP contribution in [-0.2, 0) is 10.8 Å². The minimum absolute atomic E-state index is 0.109. The molecule has 1 saturated carbocycles. The van der Waals surface area contributed by atoms with Crippen LogP contribution in [0.3, 0.4) is 0 Å². The van der Waals surface area contributed by atoms with Gasteiger partial charge in [0.05, 0.1) is 5.69 Å². The van der Waals surface area contributed by atoms with Gasteiger partial charge in [-0.1, -0.05) is 156 Å². The van der Waals surface area contributed by atoms with Gasteiger partial charge in [-0.3, -0.25) is 0 Å². The maximum absolute atomic E-state index is 7.01. The van der Waals surface area contributed by atoms with Gasteiger partial charge in [0.15, 0.2) is 0 Å². The Balaban J connectivity index is 1.10. The average Bonchev–Trinajstić information content (AvgIpc) is 3.85. The van der Waals surface area contributed by atoms with Crippen LogP contribution in [0.5, 0.6) is 0 Å². The summed E-state index contributed by atoms with van der Waals surface area (Å²) in [7, 11) is 0. The summed E-state index contributed by atoms with van der Waals surface area (Å²) in [6.07, 6.45) is 6.41. The Hall–Kier alpha value is -6.38. The highest BCUT2D eigenvalue weighted by Crippen LogP contribution is 2.54. The number of hydrogen-bond donors (Lipinski definition) is 0. The zero-order chi connectivity index (χ0) is 40.3. The highest BCUT2D eigenvalue weighted by atomic mass is 16.3. The molecule has 0 aliphatic heterocycles. The van der Waals surface area contributed by atoms with Crippen molar-refractivity contribution in [2.45, 2.75) is 76.5 Å². The van der Waals surface area contributed by atoms with E-state index >= 15 is 0 Å². The Morgan fingerprint density at radius 1 is 0.467 bits per heavy atom. The predicted octanol–water partition coefficient (Wildman–Crippen LogP) is 16.5. The Bertz CT molecular complexity index is 3210. The standard InChI is InChI=1S/C58H49NO/c1-57(2)50-23-12-10-19-43(50)45-28-25-39(32-52(45)57)49-31-37-17-8-9-18-38(37)33-54(49)59(40-26-29-46-44-20-11-13-24-51(44)58(3,4)53(46)34-40)41-27-30-47-48-22-14-21-42(36-15-6-5-7-16-36)56(48)60-55(47)35-41/h8-14,17-36H,5-7,15-16H2,1-4H3. The van der Waals surface area contributed by atoms with Gasteiger partial charge in [0, 0.05) is 44.6 Å². The Kier molecular flexibility index (Phi) is 7.74. The van der Waals surface area contributed by atoms with Crippen molar-refractivity contribution >= 4 is 49.8 Å². The number of para-hydroxylation sites is 1. The van der Waals surface area contributed by atoms with Crippen LogP contribution in [0.1, 0.15) is 93.5 Å². The van der Waals surface area contributed by atoms with Gasteiger partial charge in [0.2, 0.25) is 0 Å². The molecule has 0 bridgehead atoms. The second-order valence-corrected chi connectivity index (χ2v) is 18.7. The lowest BCUT2D eigenvalue weighted by Gasteiger charge is -2.30. The first kappa shape index (κ1) is 35.6. The van der Waals surface area contributed by atoms with Gasteiger partial charge >= 0.3 is 0 Å². The highest BCUT2D eigenvalue weighted by molar-refractivity contribution is 6.08. The fourth-order valence-electron chi connectivity index (χ4n) is 11.5. The van der Waals surface area contributed by atoms with E-state index in [1.54, 1.807) is 0 Å². The molecular weight excluding hydrogens is 727 g/mol. The molecular formula is C58H49NO. The van der Waals surface area contributed by atoms with Gasteiger partial charge in [0.25, 0.3) is 0 Å². The molecule has 2 nitrogen and oxygen atoms in total. The number of hydrogen-bond acceptors (Lipinski definition) is 2. The van der Waals surface area contributed by atoms with Crippen molar-refractivity contribution in [3.63, 3.8) is 0 Å². The Morgan fingerprint density at radius 3 is 1.80 bits per heavy atom. The van der Waals surface area contributed by atoms with E-state index in [1.165, 1.54) is 115 Å². The maximum Gasteiger partial charge on any atom is 0.138 e. The van der Waals surface area contributed by atoms with Gasteiger partial charge in [-0.05, 0) is 128 Å². The molecule has 9 aromatic rings. The summed E-state index contributed by atoms with van der Waals surface area (Å²) in [6, 6.07) is 59.6. The third-order valence-corrected chi connectivity index (χ3v) is 14.6. The van der Waals surface area contributed by atoms with Gasteiger partial charge in [-0.2, -0.15) is 0 Å². The molecule has 0 radical (unpaired) electrons. The summed E-state index contributed by atoms with van der Waals surface area (Å²) in [4.78, 5) is 2.50. The zero-order valence-electron chi connectivity index (χ0n) is 35.0. The van der Waals surface area contributed by atoms with E-state index in [0.717, 1.165) is 28.2 Å². The molecule has 2 heteroatoms. The molecule has 1 aromatic heterocycles. The van der Waals surface area contributed by atoms with Crippen molar-refractivity contribution in [3.05, 3.63) is 186 Å². The van der Waals surface area contributed by atoms with Crippen LogP contribution in [0, 0.1) is 0 Å². The molecule has 0 amide bonds. The molecule has 0 atom stereocenters. The van der Waals surface area contributed by atoms with Crippen LogP contribution < -0.4 is 4.90 Å². The van der Waals surface area contributed by atoms with Gasteiger partial charge in [0.1, 0.15) is 11.2 Å². The van der Waals surface area contributed by atoms with Crippen LogP contribution in [0.25, 0.3) is 66.1 Å². The lowest BCUT2D eigenvalue weighted by molar-refractivity contribution is 0.442. The monoisotopic (exact) mass is 775 g/mol. The second-order valence-electron chi connectivity index (χ2n) is 18.7. The zero-order valence-corrected chi connectivity index (χ0v) is 35.0. The third kappa shape index (κ3) is 5.19. The summed E-state index contributed by atoms with van der Waals surface area (Å²) in [5.41, 5.74) is 19.8. The summed E-state index contributed by atoms with van der Waals surface area (Å²) in [5, 5.41) is 4.84. The molecule has 0 N–H and O–H groups in total. The summed E-state index contributed by atoms with van der Waals surface area (Å²) >= 11 is 0. The molecule has 3 aliphatic carbocycles. The highest BCUT2D eigenvalue weighted by Gasteiger charge is 2.37. The molecule has 3 aliphatic rings. The van der Waals surface area contributed by atoms with Crippen molar-refractivity contribution in [1.82, 2.24) is 0 Å². The lowest BCUT2D eigenvalue weighted by atomic mass is 9.81. The molecule has 292 valence electrons. The smallest absolute Gasteiger partial charge is 0.138 e. The van der Waals surface area contributed by atoms with Crippen molar-refractivity contribution in [3.8, 4) is 33.4 Å². The SMILES string of the molecule is CC1(C)c2ccccc2-c2ccc(-c3cc4ccccc4cc3N(c3ccc4c(c3)C(C)(C)c3ccccc3-4)c3ccc4c(c3)oc3c(C5CCCCC5)cccc34)cc21. The summed E-state index contributed by atoms with van der Waals surface area (Å²) in [5.74, 6) is 0.558. The lowest BCUT2D eigenvalue weighted by Crippen LogP contribution is -2.17. The molecule has 0 saturated heterocycles. The van der Waals surface area contributed by atoms with E-state index in [4.69, 9.17) is 4.42 Å². The number of fused-ring (bicyclic) bond motifs is 10. The van der Waals surface area contributed by atoms with Crippen LogP contribution in [0.4, 0.5) is 17.1 Å². The fourth-order valence-corrected chi connectivity index (χ4v) is 11.5. The molecule has 1 heterocycles. The van der Waals surface area contributed by atoms with Crippen LogP contribution >= 0.6 is 0 Å². The molecule has 60 heavy (non-hydrogen) atoms. The molecule has 1 fully saturated rings. The number of furan rings is 1. The first-order valence-electron chi connectivity index (χ1n) is 22.0. The summed E-state index contributed by atoms with van der Waals surface area (Å²) < 4.78 is 7.01. The van der Waals surface area contributed by atoms with Crippen LogP contribution in [0.2, 0.25) is 0 Å². The van der Waals surface area contributed by atoms with Crippen molar-refractivity contribution < 1.29 is 4.42 Å². The van der Waals surface area contributed by atoms with E-state index in [0.29, 0.717) is 5.92 Å². The van der Waals surface area contributed by atoms with Crippen LogP contribution in [0.15, 0.2) is 162 Å². The largest absolute Gasteiger partial charge is 0.456 e.